The van der Waals surface area contributed by atoms with E-state index in [-0.39, 0.29) is 5.91 Å². The number of rotatable bonds is 3. The van der Waals surface area contributed by atoms with Gasteiger partial charge in [-0.2, -0.15) is 0 Å². The number of benzene rings is 1. The molecule has 0 atom stereocenters. The predicted molar refractivity (Wildman–Crippen MR) is 71.5 cm³/mol. The average Bonchev–Trinajstić information content (AvgIpc) is 2.41. The third-order valence-electron chi connectivity index (χ3n) is 2.64. The fourth-order valence-electron chi connectivity index (χ4n) is 1.67. The van der Waals surface area contributed by atoms with Gasteiger partial charge in [-0.25, -0.2) is 0 Å². The maximum absolute atomic E-state index is 12.1. The van der Waals surface area contributed by atoms with Gasteiger partial charge < -0.3 is 4.90 Å². The Morgan fingerprint density at radius 3 is 2.56 bits per heavy atom. The Kier molecular flexibility index (Phi) is 3.95. The summed E-state index contributed by atoms with van der Waals surface area (Å²) in [7, 11) is 1.76. The van der Waals surface area contributed by atoms with E-state index in [9.17, 15) is 4.79 Å². The summed E-state index contributed by atoms with van der Waals surface area (Å²) >= 11 is 6.07. The van der Waals surface area contributed by atoms with E-state index >= 15 is 0 Å². The van der Waals surface area contributed by atoms with Crippen LogP contribution in [0, 0.1) is 0 Å². The van der Waals surface area contributed by atoms with Crippen molar-refractivity contribution in [1.82, 2.24) is 9.88 Å². The molecule has 0 unspecified atom stereocenters. The Hall–Kier alpha value is -1.87. The van der Waals surface area contributed by atoms with Crippen molar-refractivity contribution in [3.63, 3.8) is 0 Å². The van der Waals surface area contributed by atoms with Gasteiger partial charge in [-0.3, -0.25) is 9.78 Å². The largest absolute Gasteiger partial charge is 0.337 e. The third-order valence-corrected chi connectivity index (χ3v) is 3.01. The molecule has 0 aliphatic carbocycles. The van der Waals surface area contributed by atoms with E-state index in [1.165, 1.54) is 0 Å². The summed E-state index contributed by atoms with van der Waals surface area (Å²) < 4.78 is 0. The summed E-state index contributed by atoms with van der Waals surface area (Å²) in [6.45, 7) is 0.487. The predicted octanol–water partition coefficient (Wildman–Crippen LogP) is 3.01. The molecule has 4 heteroatoms. The van der Waals surface area contributed by atoms with Crippen molar-refractivity contribution in [3.05, 3.63) is 64.9 Å². The minimum Gasteiger partial charge on any atom is -0.337 e. The molecule has 0 aliphatic heterocycles. The Balaban J connectivity index is 2.11. The Bertz CT molecular complexity index is 543. The molecule has 1 aromatic carbocycles. The normalized spacial score (nSPS) is 10.1. The number of nitrogens with zero attached hydrogens (tertiary/aromatic N) is 2. The van der Waals surface area contributed by atoms with Gasteiger partial charge in [0.15, 0.2) is 0 Å². The molecule has 0 saturated carbocycles. The zero-order valence-electron chi connectivity index (χ0n) is 10.0. The number of halogens is 1. The van der Waals surface area contributed by atoms with Crippen LogP contribution in [0.25, 0.3) is 0 Å². The van der Waals surface area contributed by atoms with Gasteiger partial charge in [-0.05, 0) is 23.8 Å². The molecule has 0 bridgehead atoms. The van der Waals surface area contributed by atoms with E-state index < -0.39 is 0 Å². The van der Waals surface area contributed by atoms with Gasteiger partial charge in [0.1, 0.15) is 0 Å². The van der Waals surface area contributed by atoms with E-state index in [0.717, 1.165) is 5.56 Å². The van der Waals surface area contributed by atoms with Crippen molar-refractivity contribution in [2.24, 2.45) is 0 Å². The van der Waals surface area contributed by atoms with Gasteiger partial charge in [0, 0.05) is 36.6 Å². The monoisotopic (exact) mass is 260 g/mol. The summed E-state index contributed by atoms with van der Waals surface area (Å²) in [6.07, 6.45) is 3.22. The zero-order valence-corrected chi connectivity index (χ0v) is 10.8. The minimum absolute atomic E-state index is 0.0441. The van der Waals surface area contributed by atoms with Crippen LogP contribution in [0.5, 0.6) is 0 Å². The molecule has 1 aromatic heterocycles. The number of aromatic nitrogens is 1. The van der Waals surface area contributed by atoms with Gasteiger partial charge in [0.05, 0.1) is 0 Å². The molecule has 2 aromatic rings. The smallest absolute Gasteiger partial charge is 0.254 e. The summed E-state index contributed by atoms with van der Waals surface area (Å²) in [5, 5.41) is 0.673. The molecule has 1 amide bonds. The van der Waals surface area contributed by atoms with Crippen molar-refractivity contribution >= 4 is 17.5 Å². The third kappa shape index (κ3) is 2.87. The second-order valence-electron chi connectivity index (χ2n) is 3.99. The summed E-state index contributed by atoms with van der Waals surface area (Å²) in [4.78, 5) is 17.6. The molecule has 0 N–H and O–H groups in total. The summed E-state index contributed by atoms with van der Waals surface area (Å²) in [5.41, 5.74) is 1.56. The maximum atomic E-state index is 12.1. The Morgan fingerprint density at radius 2 is 1.89 bits per heavy atom. The molecule has 0 aliphatic rings. The second-order valence-corrected chi connectivity index (χ2v) is 4.40. The van der Waals surface area contributed by atoms with E-state index in [1.54, 1.807) is 36.5 Å². The van der Waals surface area contributed by atoms with Gasteiger partial charge >= 0.3 is 0 Å². The first kappa shape index (κ1) is 12.6. The molecule has 92 valence electrons. The summed E-state index contributed by atoms with van der Waals surface area (Å²) in [6, 6.07) is 10.9. The van der Waals surface area contributed by atoms with Crippen molar-refractivity contribution in [2.45, 2.75) is 6.54 Å². The van der Waals surface area contributed by atoms with E-state index in [1.807, 2.05) is 24.3 Å². The molecule has 0 radical (unpaired) electrons. The van der Waals surface area contributed by atoms with Crippen LogP contribution in [0.4, 0.5) is 0 Å². The van der Waals surface area contributed by atoms with Gasteiger partial charge in [0.2, 0.25) is 0 Å². The van der Waals surface area contributed by atoms with Gasteiger partial charge in [-0.1, -0.05) is 29.8 Å². The lowest BCUT2D eigenvalue weighted by atomic mass is 10.2. The van der Waals surface area contributed by atoms with Crippen LogP contribution in [0.3, 0.4) is 0 Å². The number of carbonyl (C=O) groups excluding carboxylic acids is 1. The fraction of sp³-hybridized carbons (Fsp3) is 0.143. The molecule has 18 heavy (non-hydrogen) atoms. The average molecular weight is 261 g/mol. The van der Waals surface area contributed by atoms with Crippen molar-refractivity contribution < 1.29 is 4.79 Å². The lowest BCUT2D eigenvalue weighted by Crippen LogP contribution is -2.26. The van der Waals surface area contributed by atoms with E-state index in [4.69, 9.17) is 11.6 Å². The molecule has 0 saturated heterocycles. The van der Waals surface area contributed by atoms with Crippen LogP contribution >= 0.6 is 11.6 Å². The molecule has 0 fully saturated rings. The number of hydrogen-bond donors (Lipinski definition) is 0. The lowest BCUT2D eigenvalue weighted by Gasteiger charge is -2.17. The molecule has 0 spiro atoms. The fourth-order valence-corrected chi connectivity index (χ4v) is 1.86. The van der Waals surface area contributed by atoms with E-state index in [0.29, 0.717) is 17.1 Å². The highest BCUT2D eigenvalue weighted by atomic mass is 35.5. The molecular formula is C14H13ClN2O. The number of hydrogen-bond acceptors (Lipinski definition) is 2. The lowest BCUT2D eigenvalue weighted by molar-refractivity contribution is 0.0785. The Morgan fingerprint density at radius 1 is 1.22 bits per heavy atom. The SMILES string of the molecule is CN(Cc1ccccc1Cl)C(=O)c1ccncc1. The quantitative estimate of drug-likeness (QED) is 0.850. The summed E-state index contributed by atoms with van der Waals surface area (Å²) in [5.74, 6) is -0.0441. The number of amides is 1. The van der Waals surface area contributed by atoms with Crippen LogP contribution in [0.15, 0.2) is 48.8 Å². The van der Waals surface area contributed by atoms with Crippen LogP contribution in [-0.4, -0.2) is 22.8 Å². The number of pyridine rings is 1. The first-order chi connectivity index (χ1) is 8.68. The van der Waals surface area contributed by atoms with Crippen LogP contribution in [0.1, 0.15) is 15.9 Å². The van der Waals surface area contributed by atoms with Crippen molar-refractivity contribution in [3.8, 4) is 0 Å². The second kappa shape index (κ2) is 5.65. The minimum atomic E-state index is -0.0441. The molecule has 2 rings (SSSR count). The first-order valence-electron chi connectivity index (χ1n) is 5.57. The first-order valence-corrected chi connectivity index (χ1v) is 5.95. The van der Waals surface area contributed by atoms with Gasteiger partial charge in [-0.15, -0.1) is 0 Å². The van der Waals surface area contributed by atoms with Crippen LogP contribution in [0.2, 0.25) is 5.02 Å². The van der Waals surface area contributed by atoms with Crippen LogP contribution in [-0.2, 0) is 6.54 Å². The Labute approximate surface area is 111 Å². The number of carbonyl (C=O) groups is 1. The highest BCUT2D eigenvalue weighted by Crippen LogP contribution is 2.17. The molecule has 3 nitrogen and oxygen atoms in total. The molecule has 1 heterocycles. The highest BCUT2D eigenvalue weighted by molar-refractivity contribution is 6.31. The van der Waals surface area contributed by atoms with E-state index in [2.05, 4.69) is 4.98 Å². The van der Waals surface area contributed by atoms with Gasteiger partial charge in [0.25, 0.3) is 5.91 Å². The maximum Gasteiger partial charge on any atom is 0.254 e. The van der Waals surface area contributed by atoms with Crippen molar-refractivity contribution in [1.29, 1.82) is 0 Å². The standard InChI is InChI=1S/C14H13ClN2O/c1-17(10-12-4-2-3-5-13(12)15)14(18)11-6-8-16-9-7-11/h2-9H,10H2,1H3. The highest BCUT2D eigenvalue weighted by Gasteiger charge is 2.12. The zero-order chi connectivity index (χ0) is 13.0. The van der Waals surface area contributed by atoms with Crippen LogP contribution < -0.4 is 0 Å². The van der Waals surface area contributed by atoms with Crippen molar-refractivity contribution in [2.75, 3.05) is 7.05 Å². The molecular weight excluding hydrogens is 248 g/mol. The topological polar surface area (TPSA) is 33.2 Å².